The fourth-order valence-electron chi connectivity index (χ4n) is 1.54. The van der Waals surface area contributed by atoms with Gasteiger partial charge in [-0.3, -0.25) is 0 Å². The summed E-state index contributed by atoms with van der Waals surface area (Å²) in [5.41, 5.74) is 0.772. The Morgan fingerprint density at radius 2 is 1.84 bits per heavy atom. The SMILES string of the molecule is COc1cc(S(=O)(=O)NC[C@H](C)O)c(OC)cc1C. The van der Waals surface area contributed by atoms with Gasteiger partial charge in [0.05, 0.1) is 20.3 Å². The zero-order valence-electron chi connectivity index (χ0n) is 11.4. The van der Waals surface area contributed by atoms with E-state index in [0.717, 1.165) is 5.56 Å². The van der Waals surface area contributed by atoms with Crippen molar-refractivity contribution in [2.24, 2.45) is 0 Å². The second-order valence-corrected chi connectivity index (χ2v) is 5.91. The lowest BCUT2D eigenvalue weighted by molar-refractivity contribution is 0.198. The molecule has 6 nitrogen and oxygen atoms in total. The Hall–Kier alpha value is -1.31. The Morgan fingerprint density at radius 1 is 1.26 bits per heavy atom. The van der Waals surface area contributed by atoms with E-state index in [1.54, 1.807) is 13.0 Å². The molecule has 0 heterocycles. The van der Waals surface area contributed by atoms with Crippen molar-refractivity contribution in [3.8, 4) is 11.5 Å². The molecule has 0 saturated carbocycles. The zero-order valence-corrected chi connectivity index (χ0v) is 12.2. The van der Waals surface area contributed by atoms with E-state index in [2.05, 4.69) is 4.72 Å². The zero-order chi connectivity index (χ0) is 14.6. The van der Waals surface area contributed by atoms with Crippen molar-refractivity contribution >= 4 is 10.0 Å². The third-order valence-corrected chi connectivity index (χ3v) is 3.98. The van der Waals surface area contributed by atoms with Crippen LogP contribution >= 0.6 is 0 Å². The summed E-state index contributed by atoms with van der Waals surface area (Å²) in [5, 5.41) is 9.15. The van der Waals surface area contributed by atoms with Gasteiger partial charge in [0.15, 0.2) is 0 Å². The predicted molar refractivity (Wildman–Crippen MR) is 71.2 cm³/mol. The molecule has 1 aromatic carbocycles. The lowest BCUT2D eigenvalue weighted by Crippen LogP contribution is -2.31. The van der Waals surface area contributed by atoms with Crippen molar-refractivity contribution in [2.75, 3.05) is 20.8 Å². The number of aliphatic hydroxyl groups excluding tert-OH is 1. The molecular formula is C12H19NO5S. The molecule has 0 aliphatic heterocycles. The fourth-order valence-corrected chi connectivity index (χ4v) is 2.83. The maximum atomic E-state index is 12.1. The summed E-state index contributed by atoms with van der Waals surface area (Å²) < 4.78 is 36.8. The average molecular weight is 289 g/mol. The standard InChI is InChI=1S/C12H19NO5S/c1-8-5-11(18-4)12(6-10(8)17-3)19(15,16)13-7-9(2)14/h5-6,9,13-14H,7H2,1-4H3/t9-/m0/s1. The molecule has 0 aromatic heterocycles. The number of aryl methyl sites for hydroxylation is 1. The van der Waals surface area contributed by atoms with Gasteiger partial charge in [0.2, 0.25) is 10.0 Å². The number of methoxy groups -OCH3 is 2. The van der Waals surface area contributed by atoms with Crippen molar-refractivity contribution in [2.45, 2.75) is 24.8 Å². The van der Waals surface area contributed by atoms with Gasteiger partial charge in [-0.15, -0.1) is 0 Å². The molecule has 0 radical (unpaired) electrons. The third-order valence-electron chi connectivity index (χ3n) is 2.54. The van der Waals surface area contributed by atoms with Gasteiger partial charge in [-0.2, -0.15) is 0 Å². The Bertz CT molecular complexity index is 539. The van der Waals surface area contributed by atoms with Gasteiger partial charge in [-0.05, 0) is 25.5 Å². The second kappa shape index (κ2) is 6.23. The summed E-state index contributed by atoms with van der Waals surface area (Å²) in [5.74, 6) is 0.689. The van der Waals surface area contributed by atoms with E-state index in [1.807, 2.05) is 0 Å². The van der Waals surface area contributed by atoms with E-state index >= 15 is 0 Å². The Balaban J connectivity index is 3.24. The van der Waals surface area contributed by atoms with Crippen LogP contribution in [0.25, 0.3) is 0 Å². The Morgan fingerprint density at radius 3 is 2.32 bits per heavy atom. The molecule has 108 valence electrons. The van der Waals surface area contributed by atoms with E-state index in [9.17, 15) is 8.42 Å². The van der Waals surface area contributed by atoms with Crippen LogP contribution in [0.15, 0.2) is 17.0 Å². The van der Waals surface area contributed by atoms with Gasteiger partial charge < -0.3 is 14.6 Å². The maximum Gasteiger partial charge on any atom is 0.244 e. The minimum absolute atomic E-state index is 0.0156. The molecule has 0 amide bonds. The summed E-state index contributed by atoms with van der Waals surface area (Å²) in [6.07, 6.45) is -0.770. The highest BCUT2D eigenvalue weighted by Crippen LogP contribution is 2.31. The number of sulfonamides is 1. The Labute approximate surface area is 113 Å². The molecule has 0 fully saturated rings. The lowest BCUT2D eigenvalue weighted by atomic mass is 10.2. The molecule has 1 atom stereocenters. The van der Waals surface area contributed by atoms with Gasteiger partial charge in [-0.1, -0.05) is 0 Å². The van der Waals surface area contributed by atoms with Crippen molar-refractivity contribution in [1.29, 1.82) is 0 Å². The molecule has 0 aliphatic rings. The van der Waals surface area contributed by atoms with Crippen LogP contribution in [-0.2, 0) is 10.0 Å². The summed E-state index contributed by atoms with van der Waals surface area (Å²) >= 11 is 0. The third kappa shape index (κ3) is 3.82. The monoisotopic (exact) mass is 289 g/mol. The van der Waals surface area contributed by atoms with Crippen molar-refractivity contribution in [3.63, 3.8) is 0 Å². The average Bonchev–Trinajstić information content (AvgIpc) is 2.35. The number of ether oxygens (including phenoxy) is 2. The van der Waals surface area contributed by atoms with E-state index in [0.29, 0.717) is 5.75 Å². The second-order valence-electron chi connectivity index (χ2n) is 4.17. The van der Waals surface area contributed by atoms with Crippen molar-refractivity contribution in [1.82, 2.24) is 4.72 Å². The van der Waals surface area contributed by atoms with Crippen LogP contribution in [0.1, 0.15) is 12.5 Å². The summed E-state index contributed by atoms with van der Waals surface area (Å²) in [6.45, 7) is 3.22. The molecule has 1 rings (SSSR count). The highest BCUT2D eigenvalue weighted by atomic mass is 32.2. The topological polar surface area (TPSA) is 84.9 Å². The summed E-state index contributed by atoms with van der Waals surface area (Å²) in [4.78, 5) is -0.0156. The number of nitrogens with one attached hydrogen (secondary N) is 1. The molecule has 7 heteroatoms. The van der Waals surface area contributed by atoms with Gasteiger partial charge in [0.25, 0.3) is 0 Å². The number of rotatable bonds is 6. The van der Waals surface area contributed by atoms with Gasteiger partial charge in [0, 0.05) is 12.6 Å². The van der Waals surface area contributed by atoms with E-state index in [1.165, 1.54) is 27.2 Å². The highest BCUT2D eigenvalue weighted by molar-refractivity contribution is 7.89. The van der Waals surface area contributed by atoms with E-state index in [4.69, 9.17) is 14.6 Å². The summed E-state index contributed by atoms with van der Waals surface area (Å²) in [7, 11) is -0.898. The van der Waals surface area contributed by atoms with Gasteiger partial charge >= 0.3 is 0 Å². The predicted octanol–water partition coefficient (Wildman–Crippen LogP) is 0.671. The number of hydrogen-bond donors (Lipinski definition) is 2. The van der Waals surface area contributed by atoms with E-state index < -0.39 is 16.1 Å². The first-order valence-corrected chi connectivity index (χ1v) is 7.20. The number of benzene rings is 1. The normalized spacial score (nSPS) is 13.1. The smallest absolute Gasteiger partial charge is 0.244 e. The van der Waals surface area contributed by atoms with Gasteiger partial charge in [0.1, 0.15) is 16.4 Å². The minimum Gasteiger partial charge on any atom is -0.496 e. The fraction of sp³-hybridized carbons (Fsp3) is 0.500. The number of hydrogen-bond acceptors (Lipinski definition) is 5. The van der Waals surface area contributed by atoms with Crippen LogP contribution in [0, 0.1) is 6.92 Å². The van der Waals surface area contributed by atoms with Crippen molar-refractivity contribution < 1.29 is 23.0 Å². The molecule has 2 N–H and O–H groups in total. The molecule has 1 aromatic rings. The van der Waals surface area contributed by atoms with Crippen LogP contribution in [0.2, 0.25) is 0 Å². The molecular weight excluding hydrogens is 270 g/mol. The van der Waals surface area contributed by atoms with Crippen LogP contribution in [0.4, 0.5) is 0 Å². The van der Waals surface area contributed by atoms with Crippen LogP contribution in [-0.4, -0.2) is 40.4 Å². The highest BCUT2D eigenvalue weighted by Gasteiger charge is 2.21. The molecule has 0 bridgehead atoms. The first-order chi connectivity index (χ1) is 8.81. The molecule has 0 spiro atoms. The molecule has 19 heavy (non-hydrogen) atoms. The quantitative estimate of drug-likeness (QED) is 0.804. The first kappa shape index (κ1) is 15.7. The Kier molecular flexibility index (Phi) is 5.16. The van der Waals surface area contributed by atoms with Crippen LogP contribution < -0.4 is 14.2 Å². The van der Waals surface area contributed by atoms with Crippen LogP contribution in [0.3, 0.4) is 0 Å². The first-order valence-electron chi connectivity index (χ1n) is 5.72. The molecule has 0 aliphatic carbocycles. The molecule has 0 unspecified atom stereocenters. The lowest BCUT2D eigenvalue weighted by Gasteiger charge is -2.14. The maximum absolute atomic E-state index is 12.1. The minimum atomic E-state index is -3.76. The van der Waals surface area contributed by atoms with Crippen molar-refractivity contribution in [3.05, 3.63) is 17.7 Å². The molecule has 0 saturated heterocycles. The largest absolute Gasteiger partial charge is 0.496 e. The summed E-state index contributed by atoms with van der Waals surface area (Å²) in [6, 6.07) is 2.99. The van der Waals surface area contributed by atoms with E-state index in [-0.39, 0.29) is 17.2 Å². The number of aliphatic hydroxyl groups is 1. The van der Waals surface area contributed by atoms with Crippen LogP contribution in [0.5, 0.6) is 11.5 Å². The van der Waals surface area contributed by atoms with Gasteiger partial charge in [-0.25, -0.2) is 13.1 Å².